The summed E-state index contributed by atoms with van der Waals surface area (Å²) in [6, 6.07) is 7.76. The molecule has 1 aliphatic rings. The number of nitrogens with zero attached hydrogens (tertiary/aromatic N) is 1. The highest BCUT2D eigenvalue weighted by Gasteiger charge is 2.35. The third kappa shape index (κ3) is 4.29. The van der Waals surface area contributed by atoms with Crippen LogP contribution >= 0.6 is 0 Å². The molecule has 1 fully saturated rings. The normalized spacial score (nSPS) is 15.8. The van der Waals surface area contributed by atoms with Gasteiger partial charge < -0.3 is 10.1 Å². The molecule has 0 aromatic heterocycles. The van der Waals surface area contributed by atoms with Crippen molar-refractivity contribution in [1.82, 2.24) is 5.32 Å². The number of carbonyl (C=O) groups excluding carboxylic acids is 2. The zero-order chi connectivity index (χ0) is 16.0. The molecule has 22 heavy (non-hydrogen) atoms. The second kappa shape index (κ2) is 7.03. The first-order valence-corrected chi connectivity index (χ1v) is 7.15. The summed E-state index contributed by atoms with van der Waals surface area (Å²) in [7, 11) is 0. The third-order valence-electron chi connectivity index (χ3n) is 3.65. The van der Waals surface area contributed by atoms with Crippen molar-refractivity contribution in [2.75, 3.05) is 6.61 Å². The predicted molar refractivity (Wildman–Crippen MR) is 76.0 cm³/mol. The van der Waals surface area contributed by atoms with Crippen LogP contribution in [-0.4, -0.2) is 24.0 Å². The van der Waals surface area contributed by atoms with E-state index >= 15 is 0 Å². The Hall–Kier alpha value is -2.42. The average Bonchev–Trinajstić information content (AvgIpc) is 2.94. The van der Waals surface area contributed by atoms with Gasteiger partial charge in [0.05, 0.1) is 12.5 Å². The molecule has 0 saturated heterocycles. The summed E-state index contributed by atoms with van der Waals surface area (Å²) in [5.74, 6) is -1.53. The summed E-state index contributed by atoms with van der Waals surface area (Å²) in [5, 5.41) is 11.8. The lowest BCUT2D eigenvalue weighted by molar-refractivity contribution is -0.148. The Morgan fingerprint density at radius 3 is 2.73 bits per heavy atom. The van der Waals surface area contributed by atoms with Crippen molar-refractivity contribution in [2.45, 2.75) is 37.6 Å². The highest BCUT2D eigenvalue weighted by Crippen LogP contribution is 2.28. The number of hydrogen-bond donors (Lipinski definition) is 1. The van der Waals surface area contributed by atoms with E-state index < -0.39 is 29.8 Å². The number of esters is 1. The van der Waals surface area contributed by atoms with E-state index in [1.807, 2.05) is 0 Å². The largest absolute Gasteiger partial charge is 0.455 e. The van der Waals surface area contributed by atoms with Crippen LogP contribution in [0, 0.1) is 17.1 Å². The standard InChI is InChI=1S/C16H17FN2O3/c17-13-5-3-4-12(8-13)9-15(21)22-10-14(20)19-16(11-18)6-1-2-7-16/h3-5,8H,1-2,6-7,9-10H2,(H,19,20). The van der Waals surface area contributed by atoms with Crippen molar-refractivity contribution in [3.05, 3.63) is 35.6 Å². The first kappa shape index (κ1) is 16.0. The number of benzene rings is 1. The second-order valence-electron chi connectivity index (χ2n) is 5.42. The van der Waals surface area contributed by atoms with E-state index in [0.29, 0.717) is 18.4 Å². The lowest BCUT2D eigenvalue weighted by Gasteiger charge is -2.21. The molecule has 0 heterocycles. The molecule has 1 aromatic carbocycles. The fourth-order valence-electron chi connectivity index (χ4n) is 2.56. The molecule has 0 spiro atoms. The maximum absolute atomic E-state index is 13.0. The minimum atomic E-state index is -0.827. The number of nitriles is 1. The quantitative estimate of drug-likeness (QED) is 0.842. The van der Waals surface area contributed by atoms with Gasteiger partial charge in [-0.2, -0.15) is 5.26 Å². The Balaban J connectivity index is 1.78. The summed E-state index contributed by atoms with van der Waals surface area (Å²) < 4.78 is 17.9. The molecule has 6 heteroatoms. The summed E-state index contributed by atoms with van der Waals surface area (Å²) >= 11 is 0. The van der Waals surface area contributed by atoms with Gasteiger partial charge in [0.15, 0.2) is 6.61 Å². The predicted octanol–water partition coefficient (Wildman–Crippen LogP) is 1.86. The summed E-state index contributed by atoms with van der Waals surface area (Å²) in [6.45, 7) is -0.433. The molecule has 0 radical (unpaired) electrons. The van der Waals surface area contributed by atoms with Crippen molar-refractivity contribution < 1.29 is 18.7 Å². The van der Waals surface area contributed by atoms with E-state index in [4.69, 9.17) is 10.00 Å². The fourth-order valence-corrected chi connectivity index (χ4v) is 2.56. The van der Waals surface area contributed by atoms with Crippen LogP contribution < -0.4 is 5.32 Å². The van der Waals surface area contributed by atoms with Crippen LogP contribution in [0.4, 0.5) is 4.39 Å². The minimum Gasteiger partial charge on any atom is -0.455 e. The second-order valence-corrected chi connectivity index (χ2v) is 5.42. The number of halogens is 1. The molecule has 0 aliphatic heterocycles. The molecule has 1 saturated carbocycles. The van der Waals surface area contributed by atoms with Gasteiger partial charge in [-0.05, 0) is 43.4 Å². The zero-order valence-corrected chi connectivity index (χ0v) is 12.1. The maximum atomic E-state index is 13.0. The average molecular weight is 304 g/mol. The van der Waals surface area contributed by atoms with Gasteiger partial charge in [-0.25, -0.2) is 4.39 Å². The number of amides is 1. The van der Waals surface area contributed by atoms with Gasteiger partial charge in [-0.15, -0.1) is 0 Å². The smallest absolute Gasteiger partial charge is 0.310 e. The Morgan fingerprint density at radius 1 is 1.36 bits per heavy atom. The molecule has 1 N–H and O–H groups in total. The summed E-state index contributed by atoms with van der Waals surface area (Å²) in [6.07, 6.45) is 2.92. The molecule has 0 atom stereocenters. The van der Waals surface area contributed by atoms with E-state index in [1.54, 1.807) is 6.07 Å². The van der Waals surface area contributed by atoms with Crippen molar-refractivity contribution in [3.8, 4) is 6.07 Å². The van der Waals surface area contributed by atoms with E-state index in [0.717, 1.165) is 12.8 Å². The van der Waals surface area contributed by atoms with Gasteiger partial charge in [-0.3, -0.25) is 9.59 Å². The number of carbonyl (C=O) groups is 2. The molecular formula is C16H17FN2O3. The van der Waals surface area contributed by atoms with Crippen LogP contribution in [0.25, 0.3) is 0 Å². The SMILES string of the molecule is N#CC1(NC(=O)COC(=O)Cc2cccc(F)c2)CCCC1. The Morgan fingerprint density at radius 2 is 2.09 bits per heavy atom. The Labute approximate surface area is 128 Å². The van der Waals surface area contributed by atoms with E-state index in [9.17, 15) is 14.0 Å². The Bertz CT molecular complexity index is 604. The molecule has 1 aliphatic carbocycles. The monoisotopic (exact) mass is 304 g/mol. The lowest BCUT2D eigenvalue weighted by Crippen LogP contribution is -2.46. The fraction of sp³-hybridized carbons (Fsp3) is 0.438. The highest BCUT2D eigenvalue weighted by atomic mass is 19.1. The van der Waals surface area contributed by atoms with Gasteiger partial charge in [-0.1, -0.05) is 12.1 Å². The van der Waals surface area contributed by atoms with Crippen LogP contribution in [0.3, 0.4) is 0 Å². The highest BCUT2D eigenvalue weighted by molar-refractivity contribution is 5.82. The van der Waals surface area contributed by atoms with Crippen LogP contribution in [0.5, 0.6) is 0 Å². The van der Waals surface area contributed by atoms with Crippen LogP contribution in [0.1, 0.15) is 31.2 Å². The van der Waals surface area contributed by atoms with Gasteiger partial charge in [0, 0.05) is 0 Å². The number of nitrogens with one attached hydrogen (secondary N) is 1. The summed E-state index contributed by atoms with van der Waals surface area (Å²) in [4.78, 5) is 23.4. The molecule has 0 bridgehead atoms. The van der Waals surface area contributed by atoms with Gasteiger partial charge in [0.1, 0.15) is 11.4 Å². The first-order chi connectivity index (χ1) is 10.5. The Kier molecular flexibility index (Phi) is 5.10. The van der Waals surface area contributed by atoms with Crippen molar-refractivity contribution in [1.29, 1.82) is 5.26 Å². The lowest BCUT2D eigenvalue weighted by atomic mass is 10.00. The van der Waals surface area contributed by atoms with E-state index in [1.165, 1.54) is 18.2 Å². The van der Waals surface area contributed by atoms with Crippen molar-refractivity contribution in [2.24, 2.45) is 0 Å². The topological polar surface area (TPSA) is 79.2 Å². The van der Waals surface area contributed by atoms with E-state index in [-0.39, 0.29) is 6.42 Å². The molecule has 1 aromatic rings. The van der Waals surface area contributed by atoms with Gasteiger partial charge >= 0.3 is 5.97 Å². The van der Waals surface area contributed by atoms with Crippen LogP contribution in [-0.2, 0) is 20.7 Å². The molecule has 0 unspecified atom stereocenters. The zero-order valence-electron chi connectivity index (χ0n) is 12.1. The van der Waals surface area contributed by atoms with Gasteiger partial charge in [0.25, 0.3) is 5.91 Å². The van der Waals surface area contributed by atoms with Crippen molar-refractivity contribution >= 4 is 11.9 Å². The summed E-state index contributed by atoms with van der Waals surface area (Å²) in [5.41, 5.74) is -0.346. The third-order valence-corrected chi connectivity index (χ3v) is 3.65. The number of rotatable bonds is 5. The first-order valence-electron chi connectivity index (χ1n) is 7.15. The number of ether oxygens (including phenoxy) is 1. The molecular weight excluding hydrogens is 287 g/mol. The van der Waals surface area contributed by atoms with Crippen molar-refractivity contribution in [3.63, 3.8) is 0 Å². The van der Waals surface area contributed by atoms with Crippen LogP contribution in [0.2, 0.25) is 0 Å². The van der Waals surface area contributed by atoms with E-state index in [2.05, 4.69) is 11.4 Å². The maximum Gasteiger partial charge on any atom is 0.310 e. The van der Waals surface area contributed by atoms with Crippen LogP contribution in [0.15, 0.2) is 24.3 Å². The molecule has 116 valence electrons. The molecule has 1 amide bonds. The molecule has 5 nitrogen and oxygen atoms in total. The minimum absolute atomic E-state index is 0.103. The van der Waals surface area contributed by atoms with Gasteiger partial charge in [0.2, 0.25) is 0 Å². The molecule has 2 rings (SSSR count). The number of hydrogen-bond acceptors (Lipinski definition) is 4.